The first-order chi connectivity index (χ1) is 10.8. The van der Waals surface area contributed by atoms with Crippen LogP contribution in [0.25, 0.3) is 0 Å². The predicted octanol–water partition coefficient (Wildman–Crippen LogP) is 4.84. The van der Waals surface area contributed by atoms with Crippen LogP contribution in [-0.2, 0) is 5.54 Å². The monoisotopic (exact) mass is 375 g/mol. The molecular formula is C18H22BrN3O. The first-order valence-electron chi connectivity index (χ1n) is 7.93. The summed E-state index contributed by atoms with van der Waals surface area (Å²) in [7, 11) is 0. The molecule has 1 aromatic heterocycles. The van der Waals surface area contributed by atoms with Crippen molar-refractivity contribution in [2.24, 2.45) is 0 Å². The summed E-state index contributed by atoms with van der Waals surface area (Å²) in [5.74, 6) is 0.391. The second-order valence-electron chi connectivity index (χ2n) is 7.23. The molecule has 0 atom stereocenters. The van der Waals surface area contributed by atoms with Crippen molar-refractivity contribution >= 4 is 27.5 Å². The third kappa shape index (κ3) is 3.50. The summed E-state index contributed by atoms with van der Waals surface area (Å²) >= 11 is 3.49. The average molecular weight is 376 g/mol. The molecule has 3 rings (SSSR count). The van der Waals surface area contributed by atoms with Crippen molar-refractivity contribution in [1.29, 1.82) is 0 Å². The summed E-state index contributed by atoms with van der Waals surface area (Å²) in [6.45, 7) is 8.36. The van der Waals surface area contributed by atoms with Gasteiger partial charge in [0.2, 0.25) is 0 Å². The van der Waals surface area contributed by atoms with Gasteiger partial charge in [-0.25, -0.2) is 0 Å². The Morgan fingerprint density at radius 1 is 1.30 bits per heavy atom. The maximum Gasteiger partial charge on any atom is 0.276 e. The lowest BCUT2D eigenvalue weighted by Crippen LogP contribution is -2.25. The van der Waals surface area contributed by atoms with E-state index < -0.39 is 0 Å². The molecule has 1 fully saturated rings. The summed E-state index contributed by atoms with van der Waals surface area (Å²) in [6, 6.07) is 7.74. The fourth-order valence-electron chi connectivity index (χ4n) is 2.58. The first-order valence-corrected chi connectivity index (χ1v) is 8.73. The molecule has 0 aliphatic heterocycles. The van der Waals surface area contributed by atoms with Gasteiger partial charge >= 0.3 is 0 Å². The molecule has 23 heavy (non-hydrogen) atoms. The Morgan fingerprint density at radius 3 is 2.57 bits per heavy atom. The average Bonchev–Trinajstić information content (AvgIpc) is 3.19. The second-order valence-corrected chi connectivity index (χ2v) is 8.08. The minimum Gasteiger partial charge on any atom is -0.321 e. The fraction of sp³-hybridized carbons (Fsp3) is 0.444. The van der Waals surface area contributed by atoms with E-state index >= 15 is 0 Å². The molecule has 122 valence electrons. The van der Waals surface area contributed by atoms with Crippen LogP contribution in [0.2, 0.25) is 0 Å². The fourth-order valence-corrected chi connectivity index (χ4v) is 2.96. The molecule has 5 heteroatoms. The summed E-state index contributed by atoms with van der Waals surface area (Å²) < 4.78 is 2.99. The van der Waals surface area contributed by atoms with Crippen molar-refractivity contribution < 1.29 is 4.79 Å². The number of nitrogens with one attached hydrogen (secondary N) is 1. The van der Waals surface area contributed by atoms with E-state index in [1.807, 2.05) is 35.9 Å². The van der Waals surface area contributed by atoms with Crippen molar-refractivity contribution in [3.05, 3.63) is 45.7 Å². The Kier molecular flexibility index (Phi) is 4.08. The number of nitrogens with zero attached hydrogens (tertiary/aromatic N) is 2. The van der Waals surface area contributed by atoms with Gasteiger partial charge < -0.3 is 5.32 Å². The highest BCUT2D eigenvalue weighted by molar-refractivity contribution is 9.10. The number of carbonyl (C=O) groups excluding carboxylic acids is 1. The van der Waals surface area contributed by atoms with Crippen molar-refractivity contribution in [1.82, 2.24) is 9.78 Å². The zero-order valence-electron chi connectivity index (χ0n) is 14.0. The topological polar surface area (TPSA) is 46.9 Å². The highest BCUT2D eigenvalue weighted by Crippen LogP contribution is 2.41. The highest BCUT2D eigenvalue weighted by atomic mass is 79.9. The number of halogens is 1. The number of benzene rings is 1. The number of hydrogen-bond donors (Lipinski definition) is 1. The molecule has 1 aliphatic carbocycles. The zero-order chi connectivity index (χ0) is 16.8. The number of carbonyl (C=O) groups is 1. The van der Waals surface area contributed by atoms with E-state index in [9.17, 15) is 4.79 Å². The number of amides is 1. The Bertz CT molecular complexity index is 754. The molecule has 1 heterocycles. The molecule has 1 N–H and O–H groups in total. The van der Waals surface area contributed by atoms with Crippen LogP contribution in [0.5, 0.6) is 0 Å². The van der Waals surface area contributed by atoms with E-state index in [-0.39, 0.29) is 11.4 Å². The van der Waals surface area contributed by atoms with E-state index in [1.165, 1.54) is 18.5 Å². The second kappa shape index (κ2) is 5.78. The maximum atomic E-state index is 12.5. The Balaban J connectivity index is 1.86. The van der Waals surface area contributed by atoms with Crippen LogP contribution in [0, 0.1) is 6.92 Å². The van der Waals surface area contributed by atoms with Crippen molar-refractivity contribution in [3.63, 3.8) is 0 Å². The molecule has 1 aromatic carbocycles. The first kappa shape index (κ1) is 16.2. The number of anilines is 1. The summed E-state index contributed by atoms with van der Waals surface area (Å²) in [6.07, 6.45) is 2.38. The smallest absolute Gasteiger partial charge is 0.276 e. The van der Waals surface area contributed by atoms with Gasteiger partial charge in [0.05, 0.1) is 5.54 Å². The molecule has 2 aromatic rings. The molecular weight excluding hydrogens is 354 g/mol. The molecule has 1 amide bonds. The molecule has 1 saturated carbocycles. The number of hydrogen-bond acceptors (Lipinski definition) is 2. The van der Waals surface area contributed by atoms with Crippen molar-refractivity contribution in [3.8, 4) is 0 Å². The third-order valence-corrected chi connectivity index (χ3v) is 4.88. The molecule has 0 bridgehead atoms. The Hall–Kier alpha value is -1.62. The van der Waals surface area contributed by atoms with E-state index in [0.29, 0.717) is 11.6 Å². The van der Waals surface area contributed by atoms with Gasteiger partial charge in [-0.1, -0.05) is 22.0 Å². The normalized spacial score (nSPS) is 14.8. The molecule has 0 radical (unpaired) electrons. The Labute approximate surface area is 145 Å². The summed E-state index contributed by atoms with van der Waals surface area (Å²) in [5.41, 5.74) is 3.44. The summed E-state index contributed by atoms with van der Waals surface area (Å²) in [5, 5.41) is 7.50. The molecule has 0 unspecified atom stereocenters. The van der Waals surface area contributed by atoms with Crippen LogP contribution in [0.4, 0.5) is 5.69 Å². The van der Waals surface area contributed by atoms with Crippen molar-refractivity contribution in [2.75, 3.05) is 5.32 Å². The molecule has 4 nitrogen and oxygen atoms in total. The van der Waals surface area contributed by atoms with Gasteiger partial charge in [-0.3, -0.25) is 9.48 Å². The SMILES string of the molecule is Cc1ccc(NC(=O)c2cc(C3CC3)n(C(C)(C)C)n2)cc1Br. The van der Waals surface area contributed by atoms with E-state index in [4.69, 9.17) is 0 Å². The van der Waals surface area contributed by atoms with E-state index in [0.717, 1.165) is 15.7 Å². The van der Waals surface area contributed by atoms with Crippen LogP contribution < -0.4 is 5.32 Å². The lowest BCUT2D eigenvalue weighted by molar-refractivity contribution is 0.102. The number of aryl methyl sites for hydroxylation is 1. The van der Waals surface area contributed by atoms with Gasteiger partial charge in [-0.15, -0.1) is 0 Å². The van der Waals surface area contributed by atoms with Gasteiger partial charge in [0.15, 0.2) is 5.69 Å². The van der Waals surface area contributed by atoms with Crippen LogP contribution in [0.1, 0.15) is 61.3 Å². The minimum absolute atomic E-state index is 0.122. The van der Waals surface area contributed by atoms with Crippen LogP contribution in [0.3, 0.4) is 0 Å². The number of rotatable bonds is 3. The van der Waals surface area contributed by atoms with E-state index in [1.54, 1.807) is 0 Å². The number of aromatic nitrogens is 2. The molecule has 1 aliphatic rings. The molecule has 0 saturated heterocycles. The largest absolute Gasteiger partial charge is 0.321 e. The van der Waals surface area contributed by atoms with Gasteiger partial charge in [-0.05, 0) is 64.3 Å². The van der Waals surface area contributed by atoms with Crippen molar-refractivity contribution in [2.45, 2.75) is 52.0 Å². The van der Waals surface area contributed by atoms with E-state index in [2.05, 4.69) is 47.1 Å². The van der Waals surface area contributed by atoms with Crippen LogP contribution in [-0.4, -0.2) is 15.7 Å². The van der Waals surface area contributed by atoms with Crippen LogP contribution >= 0.6 is 15.9 Å². The summed E-state index contributed by atoms with van der Waals surface area (Å²) in [4.78, 5) is 12.5. The lowest BCUT2D eigenvalue weighted by atomic mass is 10.1. The maximum absolute atomic E-state index is 12.5. The molecule has 0 spiro atoms. The van der Waals surface area contributed by atoms with Gasteiger partial charge in [0.25, 0.3) is 5.91 Å². The standard InChI is InChI=1S/C18H22BrN3O/c1-11-5-8-13(9-14(11)19)20-17(23)15-10-16(12-6-7-12)22(21-15)18(2,3)4/h5,8-10,12H,6-7H2,1-4H3,(H,20,23). The lowest BCUT2D eigenvalue weighted by Gasteiger charge is -2.22. The van der Waals surface area contributed by atoms with Gasteiger partial charge in [-0.2, -0.15) is 5.10 Å². The highest BCUT2D eigenvalue weighted by Gasteiger charge is 2.32. The van der Waals surface area contributed by atoms with Gasteiger partial charge in [0, 0.05) is 21.8 Å². The quantitative estimate of drug-likeness (QED) is 0.833. The predicted molar refractivity (Wildman–Crippen MR) is 96.0 cm³/mol. The zero-order valence-corrected chi connectivity index (χ0v) is 15.6. The van der Waals surface area contributed by atoms with Gasteiger partial charge in [0.1, 0.15) is 0 Å². The third-order valence-electron chi connectivity index (χ3n) is 4.03. The Morgan fingerprint density at radius 2 is 2.00 bits per heavy atom. The van der Waals surface area contributed by atoms with Crippen LogP contribution in [0.15, 0.2) is 28.7 Å². The minimum atomic E-state index is -0.161.